The first-order chi connectivity index (χ1) is 13.1. The second kappa shape index (κ2) is 8.90. The van der Waals surface area contributed by atoms with E-state index < -0.39 is 17.5 Å². The van der Waals surface area contributed by atoms with Gasteiger partial charge in [-0.1, -0.05) is 74.7 Å². The predicted molar refractivity (Wildman–Crippen MR) is 105 cm³/mol. The van der Waals surface area contributed by atoms with Gasteiger partial charge in [-0.15, -0.1) is 0 Å². The third-order valence-corrected chi connectivity index (χ3v) is 4.81. The Bertz CT molecular complexity index is 915. The Morgan fingerprint density at radius 2 is 1.44 bits per heavy atom. The van der Waals surface area contributed by atoms with Crippen LogP contribution >= 0.6 is 0 Å². The van der Waals surface area contributed by atoms with E-state index in [1.165, 1.54) is 30.9 Å². The number of hydrogen-bond donors (Lipinski definition) is 0. The minimum Gasteiger partial charge on any atom is -0.204 e. The van der Waals surface area contributed by atoms with Gasteiger partial charge < -0.3 is 0 Å². The summed E-state index contributed by atoms with van der Waals surface area (Å²) in [5, 5.41) is 0. The molecule has 3 aromatic carbocycles. The maximum atomic E-state index is 14.3. The van der Waals surface area contributed by atoms with Crippen molar-refractivity contribution in [1.82, 2.24) is 0 Å². The van der Waals surface area contributed by atoms with Gasteiger partial charge in [0.2, 0.25) is 0 Å². The first kappa shape index (κ1) is 19.2. The second-order valence-corrected chi connectivity index (χ2v) is 6.78. The molecule has 0 aliphatic rings. The number of halogens is 3. The molecule has 0 bridgehead atoms. The van der Waals surface area contributed by atoms with Gasteiger partial charge in [0, 0.05) is 5.56 Å². The number of rotatable bonds is 7. The molecule has 140 valence electrons. The smallest absolute Gasteiger partial charge is 0.195 e. The highest BCUT2D eigenvalue weighted by Gasteiger charge is 2.17. The van der Waals surface area contributed by atoms with Crippen molar-refractivity contribution in [3.63, 3.8) is 0 Å². The van der Waals surface area contributed by atoms with E-state index in [2.05, 4.69) is 19.1 Å². The Hall–Kier alpha value is -2.55. The Labute approximate surface area is 158 Å². The second-order valence-electron chi connectivity index (χ2n) is 6.78. The summed E-state index contributed by atoms with van der Waals surface area (Å²) in [6.45, 7) is 2.19. The Morgan fingerprint density at radius 1 is 0.667 bits per heavy atom. The minimum absolute atomic E-state index is 0.0675. The lowest BCUT2D eigenvalue weighted by molar-refractivity contribution is 0.449. The molecule has 0 fully saturated rings. The molecule has 0 spiro atoms. The summed E-state index contributed by atoms with van der Waals surface area (Å²) in [5.41, 5.74) is 3.60. The van der Waals surface area contributed by atoms with Crippen molar-refractivity contribution in [2.24, 2.45) is 0 Å². The number of aryl methyl sites for hydroxylation is 1. The lowest BCUT2D eigenvalue weighted by Crippen LogP contribution is -1.95. The van der Waals surface area contributed by atoms with E-state index in [4.69, 9.17) is 0 Å². The van der Waals surface area contributed by atoms with Crippen molar-refractivity contribution in [3.8, 4) is 22.3 Å². The SMILES string of the molecule is CCCCCCc1cccc(-c2ccccc2-c2ccc(F)c(F)c2F)c1. The molecule has 3 aromatic rings. The zero-order valence-corrected chi connectivity index (χ0v) is 15.4. The van der Waals surface area contributed by atoms with E-state index in [-0.39, 0.29) is 5.56 Å². The van der Waals surface area contributed by atoms with Crippen LogP contribution < -0.4 is 0 Å². The van der Waals surface area contributed by atoms with Gasteiger partial charge >= 0.3 is 0 Å². The molecule has 0 atom stereocenters. The predicted octanol–water partition coefficient (Wildman–Crippen LogP) is 7.56. The van der Waals surface area contributed by atoms with E-state index in [9.17, 15) is 13.2 Å². The zero-order valence-electron chi connectivity index (χ0n) is 15.4. The molecule has 0 unspecified atom stereocenters. The van der Waals surface area contributed by atoms with Crippen LogP contribution in [0.15, 0.2) is 60.7 Å². The van der Waals surface area contributed by atoms with Crippen LogP contribution in [0.1, 0.15) is 38.2 Å². The fourth-order valence-corrected chi connectivity index (χ4v) is 3.35. The van der Waals surface area contributed by atoms with Crippen LogP contribution in [0.2, 0.25) is 0 Å². The first-order valence-corrected chi connectivity index (χ1v) is 9.44. The summed E-state index contributed by atoms with van der Waals surface area (Å²) < 4.78 is 41.4. The largest absolute Gasteiger partial charge is 0.204 e. The zero-order chi connectivity index (χ0) is 19.2. The highest BCUT2D eigenvalue weighted by Crippen LogP contribution is 2.35. The van der Waals surface area contributed by atoms with Crippen LogP contribution in [-0.2, 0) is 6.42 Å². The summed E-state index contributed by atoms with van der Waals surface area (Å²) in [7, 11) is 0. The molecule has 3 heteroatoms. The normalized spacial score (nSPS) is 11.0. The Balaban J connectivity index is 1.96. The third-order valence-electron chi connectivity index (χ3n) is 4.81. The van der Waals surface area contributed by atoms with E-state index in [1.54, 1.807) is 12.1 Å². The summed E-state index contributed by atoms with van der Waals surface area (Å²) in [5.74, 6) is -3.77. The number of benzene rings is 3. The van der Waals surface area contributed by atoms with E-state index in [0.29, 0.717) is 5.56 Å². The van der Waals surface area contributed by atoms with Gasteiger partial charge in [-0.3, -0.25) is 0 Å². The summed E-state index contributed by atoms with van der Waals surface area (Å²) >= 11 is 0. The average Bonchev–Trinajstić information content (AvgIpc) is 2.70. The monoisotopic (exact) mass is 368 g/mol. The minimum atomic E-state index is -1.44. The molecule has 0 N–H and O–H groups in total. The van der Waals surface area contributed by atoms with Gasteiger partial charge in [0.25, 0.3) is 0 Å². The molecular weight excluding hydrogens is 345 g/mol. The molecule has 0 heterocycles. The molecule has 0 radical (unpaired) electrons. The maximum Gasteiger partial charge on any atom is 0.195 e. The third kappa shape index (κ3) is 4.41. The Morgan fingerprint density at radius 3 is 2.22 bits per heavy atom. The quantitative estimate of drug-likeness (QED) is 0.298. The lowest BCUT2D eigenvalue weighted by atomic mass is 9.92. The average molecular weight is 368 g/mol. The van der Waals surface area contributed by atoms with Crippen LogP contribution in [0.25, 0.3) is 22.3 Å². The molecule has 0 aromatic heterocycles. The van der Waals surface area contributed by atoms with Crippen molar-refractivity contribution in [1.29, 1.82) is 0 Å². The fourth-order valence-electron chi connectivity index (χ4n) is 3.35. The summed E-state index contributed by atoms with van der Waals surface area (Å²) in [6, 6.07) is 17.7. The van der Waals surface area contributed by atoms with Gasteiger partial charge in [-0.25, -0.2) is 13.2 Å². The van der Waals surface area contributed by atoms with Crippen LogP contribution in [0.5, 0.6) is 0 Å². The highest BCUT2D eigenvalue weighted by atomic mass is 19.2. The van der Waals surface area contributed by atoms with Crippen LogP contribution in [0.3, 0.4) is 0 Å². The molecule has 0 amide bonds. The van der Waals surface area contributed by atoms with Crippen molar-refractivity contribution in [2.75, 3.05) is 0 Å². The van der Waals surface area contributed by atoms with Gasteiger partial charge in [0.15, 0.2) is 17.5 Å². The van der Waals surface area contributed by atoms with Gasteiger partial charge in [0.05, 0.1) is 0 Å². The molecule has 0 saturated heterocycles. The summed E-state index contributed by atoms with van der Waals surface area (Å²) in [6.07, 6.45) is 5.77. The maximum absolute atomic E-state index is 14.3. The standard InChI is InChI=1S/C24H23F3/c1-2-3-4-5-9-17-10-8-11-18(16-17)19-12-6-7-13-20(19)21-14-15-22(25)24(27)23(21)26/h6-8,10-16H,2-5,9H2,1H3. The van der Waals surface area contributed by atoms with Gasteiger partial charge in [-0.05, 0) is 47.2 Å². The van der Waals surface area contributed by atoms with E-state index >= 15 is 0 Å². The molecular formula is C24H23F3. The molecule has 0 aliphatic heterocycles. The van der Waals surface area contributed by atoms with E-state index in [1.807, 2.05) is 24.3 Å². The summed E-state index contributed by atoms with van der Waals surface area (Å²) in [4.78, 5) is 0. The number of unbranched alkanes of at least 4 members (excludes halogenated alkanes) is 3. The topological polar surface area (TPSA) is 0 Å². The fraction of sp³-hybridized carbons (Fsp3) is 0.250. The van der Waals surface area contributed by atoms with Crippen molar-refractivity contribution < 1.29 is 13.2 Å². The molecule has 27 heavy (non-hydrogen) atoms. The van der Waals surface area contributed by atoms with Crippen LogP contribution in [0, 0.1) is 17.5 Å². The van der Waals surface area contributed by atoms with Gasteiger partial charge in [-0.2, -0.15) is 0 Å². The molecule has 0 nitrogen and oxygen atoms in total. The Kier molecular flexibility index (Phi) is 6.33. The van der Waals surface area contributed by atoms with Crippen molar-refractivity contribution in [2.45, 2.75) is 39.0 Å². The highest BCUT2D eigenvalue weighted by molar-refractivity contribution is 5.83. The van der Waals surface area contributed by atoms with E-state index in [0.717, 1.165) is 30.0 Å². The number of hydrogen-bond acceptors (Lipinski definition) is 0. The molecule has 0 saturated carbocycles. The van der Waals surface area contributed by atoms with Gasteiger partial charge in [0.1, 0.15) is 0 Å². The molecule has 0 aliphatic carbocycles. The van der Waals surface area contributed by atoms with Crippen LogP contribution in [0.4, 0.5) is 13.2 Å². The van der Waals surface area contributed by atoms with Crippen LogP contribution in [-0.4, -0.2) is 0 Å². The lowest BCUT2D eigenvalue weighted by Gasteiger charge is -2.13. The molecule has 3 rings (SSSR count). The first-order valence-electron chi connectivity index (χ1n) is 9.44. The van der Waals surface area contributed by atoms with Crippen molar-refractivity contribution in [3.05, 3.63) is 83.7 Å². The van der Waals surface area contributed by atoms with Crippen molar-refractivity contribution >= 4 is 0 Å².